The van der Waals surface area contributed by atoms with Crippen LogP contribution in [0.25, 0.3) is 0 Å². The van der Waals surface area contributed by atoms with E-state index < -0.39 is 38.9 Å². The summed E-state index contributed by atoms with van der Waals surface area (Å²) in [5, 5.41) is 14.5. The molecule has 3 unspecified atom stereocenters. The normalized spacial score (nSPS) is 18.0. The number of rotatable bonds is 10. The van der Waals surface area contributed by atoms with Crippen molar-refractivity contribution in [1.29, 1.82) is 0 Å². The highest BCUT2D eigenvalue weighted by atomic mass is 35.5. The van der Waals surface area contributed by atoms with E-state index in [0.29, 0.717) is 12.1 Å². The van der Waals surface area contributed by atoms with Gasteiger partial charge in [-0.1, -0.05) is 78.3 Å². The number of nitrogens with zero attached hydrogens (tertiary/aromatic N) is 1. The second-order valence-corrected chi connectivity index (χ2v) is 14.6. The van der Waals surface area contributed by atoms with Gasteiger partial charge in [-0.05, 0) is 62.4 Å². The van der Waals surface area contributed by atoms with Crippen molar-refractivity contribution in [2.45, 2.75) is 68.5 Å². The molecule has 42 heavy (non-hydrogen) atoms. The van der Waals surface area contributed by atoms with Gasteiger partial charge in [0.15, 0.2) is 0 Å². The summed E-state index contributed by atoms with van der Waals surface area (Å²) in [5.74, 6) is -0.913. The number of aliphatic hydroxyl groups excluding tert-OH is 1. The Bertz CT molecular complexity index is 1530. The standard InChI is InChI=1S/C31H36ClN3O5S2/c1-20-11-8-9-15-23(20)18-33-29(37)28-31(3,4)41-19-35(28)30(38)26(36)25(17-22-13-6-5-7-14-22)34-42(39,40)27-21(2)12-10-16-24(27)32/h5-16,25-26,28,34,36H,17-19H2,1-4H3,(H,33,37). The molecule has 0 saturated carbocycles. The topological polar surface area (TPSA) is 116 Å². The number of amides is 2. The van der Waals surface area contributed by atoms with Gasteiger partial charge in [0.25, 0.3) is 5.91 Å². The summed E-state index contributed by atoms with van der Waals surface area (Å²) < 4.78 is 29.0. The van der Waals surface area contributed by atoms with Crippen LogP contribution in [0.3, 0.4) is 0 Å². The first-order chi connectivity index (χ1) is 19.8. The second-order valence-electron chi connectivity index (χ2n) is 11.0. The summed E-state index contributed by atoms with van der Waals surface area (Å²) in [6.45, 7) is 7.62. The molecule has 0 bridgehead atoms. The Morgan fingerprint density at radius 3 is 2.33 bits per heavy atom. The molecule has 2 amide bonds. The molecule has 1 fully saturated rings. The molecule has 11 heteroatoms. The lowest BCUT2D eigenvalue weighted by atomic mass is 9.97. The van der Waals surface area contributed by atoms with Crippen LogP contribution in [0.4, 0.5) is 0 Å². The molecule has 0 spiro atoms. The van der Waals surface area contributed by atoms with Crippen molar-refractivity contribution in [3.63, 3.8) is 0 Å². The van der Waals surface area contributed by atoms with Crippen LogP contribution in [0.5, 0.6) is 0 Å². The van der Waals surface area contributed by atoms with Crippen molar-refractivity contribution in [1.82, 2.24) is 14.9 Å². The number of hydrogen-bond acceptors (Lipinski definition) is 6. The number of aliphatic hydroxyl groups is 1. The largest absolute Gasteiger partial charge is 0.382 e. The Hall–Kier alpha value is -2.89. The second kappa shape index (κ2) is 13.2. The van der Waals surface area contributed by atoms with Crippen molar-refractivity contribution in [3.05, 3.63) is 100 Å². The van der Waals surface area contributed by atoms with E-state index in [9.17, 15) is 23.1 Å². The summed E-state index contributed by atoms with van der Waals surface area (Å²) in [7, 11) is -4.24. The van der Waals surface area contributed by atoms with Crippen LogP contribution in [0.2, 0.25) is 5.02 Å². The van der Waals surface area contributed by atoms with Gasteiger partial charge in [-0.2, -0.15) is 0 Å². The van der Waals surface area contributed by atoms with Crippen molar-refractivity contribution in [2.24, 2.45) is 0 Å². The number of carbonyl (C=O) groups excluding carboxylic acids is 2. The zero-order chi connectivity index (χ0) is 30.7. The molecule has 224 valence electrons. The van der Waals surface area contributed by atoms with Gasteiger partial charge >= 0.3 is 0 Å². The molecule has 3 N–H and O–H groups in total. The highest BCUT2D eigenvalue weighted by Crippen LogP contribution is 2.40. The summed E-state index contributed by atoms with van der Waals surface area (Å²) >= 11 is 7.69. The molecule has 0 aromatic heterocycles. The number of halogens is 1. The van der Waals surface area contributed by atoms with E-state index in [1.54, 1.807) is 43.3 Å². The number of carbonyl (C=O) groups is 2. The lowest BCUT2D eigenvalue weighted by molar-refractivity contribution is -0.147. The molecule has 1 aliphatic heterocycles. The highest BCUT2D eigenvalue weighted by molar-refractivity contribution is 8.00. The summed E-state index contributed by atoms with van der Waals surface area (Å²) in [6, 6.07) is 19.3. The molecular formula is C31H36ClN3O5S2. The van der Waals surface area contributed by atoms with E-state index in [1.807, 2.05) is 51.1 Å². The average Bonchev–Trinajstić information content (AvgIpc) is 3.26. The monoisotopic (exact) mass is 629 g/mol. The van der Waals surface area contributed by atoms with Gasteiger partial charge in [-0.3, -0.25) is 9.59 Å². The third kappa shape index (κ3) is 7.18. The Balaban J connectivity index is 1.60. The minimum Gasteiger partial charge on any atom is -0.382 e. The Kier molecular flexibility index (Phi) is 10.1. The first-order valence-corrected chi connectivity index (χ1v) is 16.4. The van der Waals surface area contributed by atoms with E-state index in [1.165, 1.54) is 22.7 Å². The summed E-state index contributed by atoms with van der Waals surface area (Å²) in [6.07, 6.45) is -1.74. The van der Waals surface area contributed by atoms with Crippen molar-refractivity contribution in [2.75, 3.05) is 5.88 Å². The fraction of sp³-hybridized carbons (Fsp3) is 0.355. The third-order valence-electron chi connectivity index (χ3n) is 7.46. The lowest BCUT2D eigenvalue weighted by Crippen LogP contribution is -2.58. The number of nitrogens with one attached hydrogen (secondary N) is 2. The Morgan fingerprint density at radius 2 is 1.67 bits per heavy atom. The van der Waals surface area contributed by atoms with Crippen molar-refractivity contribution in [3.8, 4) is 0 Å². The van der Waals surface area contributed by atoms with E-state index in [0.717, 1.165) is 16.7 Å². The van der Waals surface area contributed by atoms with Crippen molar-refractivity contribution >= 4 is 45.2 Å². The molecule has 1 heterocycles. The molecule has 1 aliphatic rings. The smallest absolute Gasteiger partial charge is 0.254 e. The van der Waals surface area contributed by atoms with E-state index in [-0.39, 0.29) is 28.1 Å². The zero-order valence-electron chi connectivity index (χ0n) is 24.0. The van der Waals surface area contributed by atoms with Crippen LogP contribution in [0.15, 0.2) is 77.7 Å². The van der Waals surface area contributed by atoms with Gasteiger partial charge in [-0.15, -0.1) is 11.8 Å². The first kappa shape index (κ1) is 32.0. The van der Waals surface area contributed by atoms with Crippen LogP contribution in [-0.4, -0.2) is 59.1 Å². The quantitative estimate of drug-likeness (QED) is 0.310. The number of thioether (sulfide) groups is 1. The minimum absolute atomic E-state index is 0.0323. The van der Waals surface area contributed by atoms with Gasteiger partial charge in [0.2, 0.25) is 15.9 Å². The van der Waals surface area contributed by atoms with Gasteiger partial charge < -0.3 is 15.3 Å². The van der Waals surface area contributed by atoms with Crippen LogP contribution >= 0.6 is 23.4 Å². The maximum absolute atomic E-state index is 13.9. The molecule has 3 atom stereocenters. The fourth-order valence-electron chi connectivity index (χ4n) is 5.14. The van der Waals surface area contributed by atoms with Crippen LogP contribution in [0.1, 0.15) is 36.1 Å². The number of aryl methyl sites for hydroxylation is 2. The molecule has 3 aromatic carbocycles. The molecule has 0 radical (unpaired) electrons. The van der Waals surface area contributed by atoms with E-state index in [2.05, 4.69) is 10.0 Å². The van der Waals surface area contributed by atoms with Crippen LogP contribution in [0, 0.1) is 13.8 Å². The molecule has 3 aromatic rings. The maximum atomic E-state index is 13.9. The predicted octanol–water partition coefficient (Wildman–Crippen LogP) is 4.20. The molecule has 4 rings (SSSR count). The van der Waals surface area contributed by atoms with Gasteiger partial charge in [0, 0.05) is 11.3 Å². The molecule has 8 nitrogen and oxygen atoms in total. The number of benzene rings is 3. The highest BCUT2D eigenvalue weighted by Gasteiger charge is 2.50. The summed E-state index contributed by atoms with van der Waals surface area (Å²) in [4.78, 5) is 28.6. The van der Waals surface area contributed by atoms with E-state index >= 15 is 0 Å². The number of hydrogen-bond donors (Lipinski definition) is 3. The predicted molar refractivity (Wildman–Crippen MR) is 167 cm³/mol. The summed E-state index contributed by atoms with van der Waals surface area (Å²) in [5.41, 5.74) is 3.14. The Labute approximate surface area is 256 Å². The third-order valence-corrected chi connectivity index (χ3v) is 11.0. The zero-order valence-corrected chi connectivity index (χ0v) is 26.4. The van der Waals surface area contributed by atoms with Gasteiger partial charge in [0.05, 0.1) is 16.9 Å². The molecule has 0 aliphatic carbocycles. The molecular weight excluding hydrogens is 594 g/mol. The fourth-order valence-corrected chi connectivity index (χ4v) is 8.36. The lowest BCUT2D eigenvalue weighted by Gasteiger charge is -2.33. The van der Waals surface area contributed by atoms with E-state index in [4.69, 9.17) is 11.6 Å². The van der Waals surface area contributed by atoms with Crippen molar-refractivity contribution < 1.29 is 23.1 Å². The van der Waals surface area contributed by atoms with Gasteiger partial charge in [-0.25, -0.2) is 13.1 Å². The Morgan fingerprint density at radius 1 is 1.02 bits per heavy atom. The SMILES string of the molecule is Cc1ccccc1CNC(=O)C1N(C(=O)C(O)C(Cc2ccccc2)NS(=O)(=O)c2c(C)cccc2Cl)CSC1(C)C. The van der Waals surface area contributed by atoms with Gasteiger partial charge in [0.1, 0.15) is 17.0 Å². The minimum atomic E-state index is -4.24. The molecule has 1 saturated heterocycles. The van der Waals surface area contributed by atoms with Crippen LogP contribution < -0.4 is 10.0 Å². The van der Waals surface area contributed by atoms with Crippen LogP contribution in [-0.2, 0) is 32.6 Å². The maximum Gasteiger partial charge on any atom is 0.254 e. The first-order valence-electron chi connectivity index (χ1n) is 13.6. The number of sulfonamides is 1. The average molecular weight is 630 g/mol.